The van der Waals surface area contributed by atoms with Crippen molar-refractivity contribution in [2.24, 2.45) is 5.92 Å². The average Bonchev–Trinajstić information content (AvgIpc) is 2.45. The molecule has 1 aromatic rings. The molecule has 2 rings (SSSR count). The number of benzene rings is 1. The van der Waals surface area contributed by atoms with E-state index in [0.29, 0.717) is 17.0 Å². The van der Waals surface area contributed by atoms with Gasteiger partial charge in [-0.2, -0.15) is 0 Å². The maximum atomic E-state index is 13.1. The van der Waals surface area contributed by atoms with Crippen molar-refractivity contribution in [2.75, 3.05) is 6.61 Å². The van der Waals surface area contributed by atoms with Gasteiger partial charge in [-0.1, -0.05) is 28.9 Å². The van der Waals surface area contributed by atoms with Gasteiger partial charge in [-0.15, -0.1) is 0 Å². The molecule has 0 aromatic heterocycles. The lowest BCUT2D eigenvalue weighted by molar-refractivity contribution is -0.149. The van der Waals surface area contributed by atoms with Gasteiger partial charge < -0.3 is 4.74 Å². The molecule has 0 unspecified atom stereocenters. The first-order chi connectivity index (χ1) is 9.97. The summed E-state index contributed by atoms with van der Waals surface area (Å²) in [6, 6.07) is 4.46. The van der Waals surface area contributed by atoms with E-state index in [1.165, 1.54) is 12.1 Å². The molecule has 0 bridgehead atoms. The molecular formula is C17H22BrFO2. The van der Waals surface area contributed by atoms with Crippen LogP contribution in [0, 0.1) is 11.7 Å². The molecule has 0 amide bonds. The monoisotopic (exact) mass is 356 g/mol. The molecule has 1 aromatic carbocycles. The van der Waals surface area contributed by atoms with Crippen molar-refractivity contribution in [3.63, 3.8) is 0 Å². The van der Waals surface area contributed by atoms with E-state index in [1.54, 1.807) is 6.07 Å². The Morgan fingerprint density at radius 1 is 1.43 bits per heavy atom. The van der Waals surface area contributed by atoms with Crippen LogP contribution in [0.2, 0.25) is 0 Å². The van der Waals surface area contributed by atoms with E-state index in [2.05, 4.69) is 22.9 Å². The van der Waals surface area contributed by atoms with Crippen LogP contribution < -0.4 is 0 Å². The van der Waals surface area contributed by atoms with Gasteiger partial charge in [0, 0.05) is 17.5 Å². The van der Waals surface area contributed by atoms with Crippen LogP contribution in [0.3, 0.4) is 0 Å². The Labute approximate surface area is 134 Å². The zero-order valence-corrected chi connectivity index (χ0v) is 14.2. The van der Waals surface area contributed by atoms with Gasteiger partial charge in [-0.05, 0) is 56.2 Å². The number of carbonyl (C=O) groups is 1. The molecule has 0 N–H and O–H groups in total. The second kappa shape index (κ2) is 7.01. The Balaban J connectivity index is 2.15. The molecule has 0 aliphatic heterocycles. The highest BCUT2D eigenvalue weighted by Crippen LogP contribution is 2.36. The molecule has 2 nitrogen and oxygen atoms in total. The zero-order chi connectivity index (χ0) is 15.5. The summed E-state index contributed by atoms with van der Waals surface area (Å²) < 4.78 is 19.7. The summed E-state index contributed by atoms with van der Waals surface area (Å²) >= 11 is 3.33. The van der Waals surface area contributed by atoms with Crippen molar-refractivity contribution in [3.05, 3.63) is 34.1 Å². The maximum Gasteiger partial charge on any atom is 0.169 e. The molecule has 0 radical (unpaired) electrons. The van der Waals surface area contributed by atoms with E-state index >= 15 is 0 Å². The first-order valence-corrected chi connectivity index (χ1v) is 8.37. The minimum Gasteiger partial charge on any atom is -0.367 e. The normalized spacial score (nSPS) is 25.8. The van der Waals surface area contributed by atoms with Crippen molar-refractivity contribution in [1.29, 1.82) is 0 Å². The standard InChI is InChI=1S/C17H22BrFO2/c1-3-21-17(8-6-12(2)7-9-17)16(20)10-13-4-5-14(19)11-15(13)18/h4-5,11-12H,3,6-10H2,1-2H3. The summed E-state index contributed by atoms with van der Waals surface area (Å²) in [5, 5.41) is 0. The van der Waals surface area contributed by atoms with E-state index in [4.69, 9.17) is 4.74 Å². The third-order valence-corrected chi connectivity index (χ3v) is 5.12. The first-order valence-electron chi connectivity index (χ1n) is 7.58. The van der Waals surface area contributed by atoms with E-state index in [-0.39, 0.29) is 18.0 Å². The molecule has 0 heterocycles. The van der Waals surface area contributed by atoms with Gasteiger partial charge >= 0.3 is 0 Å². The van der Waals surface area contributed by atoms with Gasteiger partial charge in [0.05, 0.1) is 0 Å². The first kappa shape index (κ1) is 16.6. The lowest BCUT2D eigenvalue weighted by atomic mass is 9.76. The van der Waals surface area contributed by atoms with E-state index < -0.39 is 5.60 Å². The van der Waals surface area contributed by atoms with Gasteiger partial charge in [0.2, 0.25) is 0 Å². The molecule has 1 aliphatic carbocycles. The minimum atomic E-state index is -0.644. The molecule has 1 aliphatic rings. The maximum absolute atomic E-state index is 13.1. The van der Waals surface area contributed by atoms with Crippen molar-refractivity contribution in [3.8, 4) is 0 Å². The van der Waals surface area contributed by atoms with Gasteiger partial charge in [-0.3, -0.25) is 4.79 Å². The Morgan fingerprint density at radius 3 is 2.67 bits per heavy atom. The number of halogens is 2. The predicted octanol–water partition coefficient (Wildman–Crippen LogP) is 4.69. The Hall–Kier alpha value is -0.740. The molecule has 21 heavy (non-hydrogen) atoms. The van der Waals surface area contributed by atoms with Crippen LogP contribution in [0.1, 0.15) is 45.1 Å². The van der Waals surface area contributed by atoms with Crippen molar-refractivity contribution in [1.82, 2.24) is 0 Å². The Morgan fingerprint density at radius 2 is 2.10 bits per heavy atom. The fourth-order valence-corrected chi connectivity index (χ4v) is 3.50. The SMILES string of the molecule is CCOC1(C(=O)Cc2ccc(F)cc2Br)CCC(C)CC1. The summed E-state index contributed by atoms with van der Waals surface area (Å²) in [4.78, 5) is 12.8. The van der Waals surface area contributed by atoms with Gasteiger partial charge in [-0.25, -0.2) is 4.39 Å². The number of ether oxygens (including phenoxy) is 1. The molecule has 0 saturated heterocycles. The number of ketones is 1. The van der Waals surface area contributed by atoms with Crippen molar-refractivity contribution < 1.29 is 13.9 Å². The summed E-state index contributed by atoms with van der Waals surface area (Å²) in [5.74, 6) is 0.469. The van der Waals surface area contributed by atoms with Gasteiger partial charge in [0.1, 0.15) is 11.4 Å². The molecule has 0 spiro atoms. The Bertz CT molecular complexity index is 508. The van der Waals surface area contributed by atoms with Crippen molar-refractivity contribution >= 4 is 21.7 Å². The summed E-state index contributed by atoms with van der Waals surface area (Å²) in [6.07, 6.45) is 3.92. The lowest BCUT2D eigenvalue weighted by Gasteiger charge is -2.38. The average molecular weight is 357 g/mol. The highest BCUT2D eigenvalue weighted by atomic mass is 79.9. The molecular weight excluding hydrogens is 335 g/mol. The number of hydrogen-bond acceptors (Lipinski definition) is 2. The second-order valence-electron chi connectivity index (χ2n) is 5.95. The number of hydrogen-bond donors (Lipinski definition) is 0. The highest BCUT2D eigenvalue weighted by molar-refractivity contribution is 9.10. The minimum absolute atomic E-state index is 0.114. The van der Waals surface area contributed by atoms with Crippen LogP contribution >= 0.6 is 15.9 Å². The van der Waals surface area contributed by atoms with Gasteiger partial charge in [0.15, 0.2) is 5.78 Å². The fraction of sp³-hybridized carbons (Fsp3) is 0.588. The van der Waals surface area contributed by atoms with Crippen molar-refractivity contribution in [2.45, 2.75) is 51.6 Å². The number of carbonyl (C=O) groups excluding carboxylic acids is 1. The fourth-order valence-electron chi connectivity index (χ4n) is 3.01. The topological polar surface area (TPSA) is 26.3 Å². The summed E-state index contributed by atoms with van der Waals surface area (Å²) in [6.45, 7) is 4.70. The third kappa shape index (κ3) is 3.92. The quantitative estimate of drug-likeness (QED) is 0.765. The zero-order valence-electron chi connectivity index (χ0n) is 12.6. The van der Waals surface area contributed by atoms with Crippen LogP contribution in [0.4, 0.5) is 4.39 Å². The molecule has 0 atom stereocenters. The molecule has 1 saturated carbocycles. The van der Waals surface area contributed by atoms with Crippen LogP contribution in [-0.2, 0) is 16.0 Å². The van der Waals surface area contributed by atoms with E-state index in [1.807, 2.05) is 6.92 Å². The lowest BCUT2D eigenvalue weighted by Crippen LogP contribution is -2.45. The second-order valence-corrected chi connectivity index (χ2v) is 6.80. The molecule has 116 valence electrons. The Kier molecular flexibility index (Phi) is 5.55. The number of Topliss-reactive ketones (excluding diaryl/α,β-unsaturated/α-hetero) is 1. The predicted molar refractivity (Wildman–Crippen MR) is 84.8 cm³/mol. The van der Waals surface area contributed by atoms with Crippen LogP contribution in [0.25, 0.3) is 0 Å². The van der Waals surface area contributed by atoms with Crippen LogP contribution in [-0.4, -0.2) is 18.0 Å². The largest absolute Gasteiger partial charge is 0.367 e. The highest BCUT2D eigenvalue weighted by Gasteiger charge is 2.41. The molecule has 1 fully saturated rings. The smallest absolute Gasteiger partial charge is 0.169 e. The van der Waals surface area contributed by atoms with Crippen LogP contribution in [0.15, 0.2) is 22.7 Å². The molecule has 4 heteroatoms. The van der Waals surface area contributed by atoms with Gasteiger partial charge in [0.25, 0.3) is 0 Å². The summed E-state index contributed by atoms with van der Waals surface area (Å²) in [7, 11) is 0. The number of rotatable bonds is 5. The summed E-state index contributed by atoms with van der Waals surface area (Å²) in [5.41, 5.74) is 0.175. The van der Waals surface area contributed by atoms with E-state index in [9.17, 15) is 9.18 Å². The van der Waals surface area contributed by atoms with Crippen LogP contribution in [0.5, 0.6) is 0 Å². The van der Waals surface area contributed by atoms with E-state index in [0.717, 1.165) is 31.2 Å². The third-order valence-electron chi connectivity index (χ3n) is 4.38.